The van der Waals surface area contributed by atoms with Gasteiger partial charge in [-0.05, 0) is 24.3 Å². The van der Waals surface area contributed by atoms with E-state index in [-0.39, 0.29) is 0 Å². The Bertz CT molecular complexity index is 412. The van der Waals surface area contributed by atoms with Crippen LogP contribution in [0.1, 0.15) is 52.0 Å². The SMILES string of the molecule is CCC(CC)N(CC(C)C)CC(C(=O)O)c1ccccc1. The Morgan fingerprint density at radius 1 is 1.10 bits per heavy atom. The van der Waals surface area contributed by atoms with E-state index in [2.05, 4.69) is 32.6 Å². The molecule has 0 aliphatic heterocycles. The Kier molecular flexibility index (Phi) is 7.44. The van der Waals surface area contributed by atoms with Crippen LogP contribution < -0.4 is 0 Å². The second-order valence-electron chi connectivity index (χ2n) is 6.12. The number of hydrogen-bond acceptors (Lipinski definition) is 2. The molecule has 0 spiro atoms. The van der Waals surface area contributed by atoms with Crippen LogP contribution in [0.5, 0.6) is 0 Å². The summed E-state index contributed by atoms with van der Waals surface area (Å²) < 4.78 is 0. The van der Waals surface area contributed by atoms with Crippen LogP contribution in [0, 0.1) is 5.92 Å². The molecule has 3 nitrogen and oxygen atoms in total. The smallest absolute Gasteiger partial charge is 0.312 e. The summed E-state index contributed by atoms with van der Waals surface area (Å²) in [5.74, 6) is -0.651. The molecule has 1 N–H and O–H groups in total. The molecule has 0 aliphatic rings. The lowest BCUT2D eigenvalue weighted by Crippen LogP contribution is -2.41. The van der Waals surface area contributed by atoms with Gasteiger partial charge in [-0.1, -0.05) is 58.0 Å². The van der Waals surface area contributed by atoms with Gasteiger partial charge < -0.3 is 5.11 Å². The fourth-order valence-electron chi connectivity index (χ4n) is 2.89. The highest BCUT2D eigenvalue weighted by Crippen LogP contribution is 2.21. The summed E-state index contributed by atoms with van der Waals surface area (Å²) in [7, 11) is 0. The van der Waals surface area contributed by atoms with Gasteiger partial charge in [0.15, 0.2) is 0 Å². The Morgan fingerprint density at radius 3 is 2.10 bits per heavy atom. The van der Waals surface area contributed by atoms with Gasteiger partial charge in [0.2, 0.25) is 0 Å². The molecule has 0 radical (unpaired) electrons. The molecule has 1 aromatic rings. The maximum Gasteiger partial charge on any atom is 0.312 e. The zero-order valence-corrected chi connectivity index (χ0v) is 13.7. The highest BCUT2D eigenvalue weighted by atomic mass is 16.4. The van der Waals surface area contributed by atoms with Crippen LogP contribution >= 0.6 is 0 Å². The summed E-state index contributed by atoms with van der Waals surface area (Å²) in [5, 5.41) is 9.61. The van der Waals surface area contributed by atoms with Gasteiger partial charge in [0.05, 0.1) is 5.92 Å². The molecular formula is C18H29NO2. The van der Waals surface area contributed by atoms with E-state index < -0.39 is 11.9 Å². The lowest BCUT2D eigenvalue weighted by Gasteiger charge is -2.34. The van der Waals surface area contributed by atoms with Crippen LogP contribution in [0.3, 0.4) is 0 Å². The van der Waals surface area contributed by atoms with E-state index in [0.29, 0.717) is 18.5 Å². The van der Waals surface area contributed by atoms with Crippen LogP contribution in [0.4, 0.5) is 0 Å². The lowest BCUT2D eigenvalue weighted by atomic mass is 9.96. The van der Waals surface area contributed by atoms with Crippen molar-refractivity contribution in [1.29, 1.82) is 0 Å². The third-order valence-electron chi connectivity index (χ3n) is 3.98. The molecule has 0 bridgehead atoms. The third-order valence-corrected chi connectivity index (χ3v) is 3.98. The highest BCUT2D eigenvalue weighted by Gasteiger charge is 2.26. The molecule has 0 aromatic heterocycles. The number of carboxylic acids is 1. The number of aliphatic carboxylic acids is 1. The molecule has 1 unspecified atom stereocenters. The minimum atomic E-state index is -0.735. The highest BCUT2D eigenvalue weighted by molar-refractivity contribution is 5.76. The van der Waals surface area contributed by atoms with Crippen molar-refractivity contribution in [3.8, 4) is 0 Å². The van der Waals surface area contributed by atoms with E-state index in [9.17, 15) is 9.90 Å². The quantitative estimate of drug-likeness (QED) is 0.747. The number of rotatable bonds is 9. The van der Waals surface area contributed by atoms with Crippen molar-refractivity contribution in [2.24, 2.45) is 5.92 Å². The largest absolute Gasteiger partial charge is 0.481 e. The Labute approximate surface area is 129 Å². The van der Waals surface area contributed by atoms with E-state index in [0.717, 1.165) is 24.9 Å². The second kappa shape index (κ2) is 8.83. The molecule has 0 aliphatic carbocycles. The molecule has 3 heteroatoms. The van der Waals surface area contributed by atoms with E-state index in [1.807, 2.05) is 30.3 Å². The first-order chi connectivity index (χ1) is 9.99. The topological polar surface area (TPSA) is 40.5 Å². The lowest BCUT2D eigenvalue weighted by molar-refractivity contribution is -0.139. The molecule has 0 saturated heterocycles. The van der Waals surface area contributed by atoms with Crippen LogP contribution in [0.15, 0.2) is 30.3 Å². The molecule has 0 amide bonds. The number of carbonyl (C=O) groups is 1. The fourth-order valence-corrected chi connectivity index (χ4v) is 2.89. The molecule has 0 fully saturated rings. The third kappa shape index (κ3) is 5.50. The predicted octanol–water partition coefficient (Wildman–Crippen LogP) is 4.00. The van der Waals surface area contributed by atoms with E-state index in [1.54, 1.807) is 0 Å². The summed E-state index contributed by atoms with van der Waals surface area (Å²) in [5.41, 5.74) is 0.893. The molecule has 1 rings (SSSR count). The minimum Gasteiger partial charge on any atom is -0.481 e. The van der Waals surface area contributed by atoms with Gasteiger partial charge in [-0.3, -0.25) is 9.69 Å². The van der Waals surface area contributed by atoms with Crippen molar-refractivity contribution >= 4 is 5.97 Å². The summed E-state index contributed by atoms with van der Waals surface area (Å²) in [6.45, 7) is 10.3. The van der Waals surface area contributed by atoms with Gasteiger partial charge in [-0.25, -0.2) is 0 Å². The Balaban J connectivity index is 2.93. The molecule has 118 valence electrons. The first kappa shape index (κ1) is 17.7. The van der Waals surface area contributed by atoms with E-state index in [1.165, 1.54) is 0 Å². The van der Waals surface area contributed by atoms with Gasteiger partial charge in [-0.2, -0.15) is 0 Å². The molecule has 1 atom stereocenters. The zero-order chi connectivity index (χ0) is 15.8. The zero-order valence-electron chi connectivity index (χ0n) is 13.7. The predicted molar refractivity (Wildman–Crippen MR) is 87.6 cm³/mol. The van der Waals surface area contributed by atoms with Crippen LogP contribution in [-0.2, 0) is 4.79 Å². The summed E-state index contributed by atoms with van der Waals surface area (Å²) in [6, 6.07) is 10.0. The normalized spacial score (nSPS) is 13.1. The summed E-state index contributed by atoms with van der Waals surface area (Å²) in [6.07, 6.45) is 2.12. The van der Waals surface area contributed by atoms with Gasteiger partial charge in [0.25, 0.3) is 0 Å². The van der Waals surface area contributed by atoms with Crippen molar-refractivity contribution in [3.05, 3.63) is 35.9 Å². The number of carboxylic acid groups (broad SMARTS) is 1. The molecule has 21 heavy (non-hydrogen) atoms. The summed E-state index contributed by atoms with van der Waals surface area (Å²) >= 11 is 0. The number of benzene rings is 1. The van der Waals surface area contributed by atoms with Crippen LogP contribution in [-0.4, -0.2) is 35.1 Å². The Morgan fingerprint density at radius 2 is 1.67 bits per heavy atom. The van der Waals surface area contributed by atoms with Crippen molar-refractivity contribution in [1.82, 2.24) is 4.90 Å². The molecular weight excluding hydrogens is 262 g/mol. The van der Waals surface area contributed by atoms with Gasteiger partial charge in [-0.15, -0.1) is 0 Å². The second-order valence-corrected chi connectivity index (χ2v) is 6.12. The van der Waals surface area contributed by atoms with Crippen molar-refractivity contribution < 1.29 is 9.90 Å². The standard InChI is InChI=1S/C18H29NO2/c1-5-16(6-2)19(12-14(3)4)13-17(18(20)21)15-10-8-7-9-11-15/h7-11,14,16-17H,5-6,12-13H2,1-4H3,(H,20,21). The first-order valence-corrected chi connectivity index (χ1v) is 8.01. The Hall–Kier alpha value is -1.35. The maximum absolute atomic E-state index is 11.7. The van der Waals surface area contributed by atoms with Crippen molar-refractivity contribution in [2.45, 2.75) is 52.5 Å². The monoisotopic (exact) mass is 291 g/mol. The average molecular weight is 291 g/mol. The molecule has 1 aromatic carbocycles. The summed E-state index contributed by atoms with van der Waals surface area (Å²) in [4.78, 5) is 14.1. The van der Waals surface area contributed by atoms with Crippen molar-refractivity contribution in [3.63, 3.8) is 0 Å². The molecule has 0 saturated carbocycles. The van der Waals surface area contributed by atoms with Crippen molar-refractivity contribution in [2.75, 3.05) is 13.1 Å². The molecule has 0 heterocycles. The van der Waals surface area contributed by atoms with E-state index in [4.69, 9.17) is 0 Å². The number of hydrogen-bond donors (Lipinski definition) is 1. The van der Waals surface area contributed by atoms with Crippen LogP contribution in [0.2, 0.25) is 0 Å². The maximum atomic E-state index is 11.7. The minimum absolute atomic E-state index is 0.453. The average Bonchev–Trinajstić information content (AvgIpc) is 2.45. The van der Waals surface area contributed by atoms with Gasteiger partial charge >= 0.3 is 5.97 Å². The van der Waals surface area contributed by atoms with Gasteiger partial charge in [0, 0.05) is 19.1 Å². The van der Waals surface area contributed by atoms with Crippen LogP contribution in [0.25, 0.3) is 0 Å². The fraction of sp³-hybridized carbons (Fsp3) is 0.611. The number of nitrogens with zero attached hydrogens (tertiary/aromatic N) is 1. The first-order valence-electron chi connectivity index (χ1n) is 8.01. The van der Waals surface area contributed by atoms with Gasteiger partial charge in [0.1, 0.15) is 0 Å². The van der Waals surface area contributed by atoms with E-state index >= 15 is 0 Å².